The minimum absolute atomic E-state index is 0.0750. The lowest BCUT2D eigenvalue weighted by atomic mass is 10.0. The number of hydrogen-bond acceptors (Lipinski definition) is 3. The summed E-state index contributed by atoms with van der Waals surface area (Å²) in [6.45, 7) is 8.12. The highest BCUT2D eigenvalue weighted by molar-refractivity contribution is 5.89. The minimum Gasteiger partial charge on any atom is -0.495 e. The standard InChI is InChI=1S/C16H26N2O2/c1-11(2)6-7-12(3)17-15-10-14(18-13(4)19)8-9-16(15)20-5/h8-12,17H,6-7H2,1-5H3,(H,18,19). The van der Waals surface area contributed by atoms with Gasteiger partial charge >= 0.3 is 0 Å². The minimum atomic E-state index is -0.0750. The summed E-state index contributed by atoms with van der Waals surface area (Å²) in [6, 6.07) is 5.97. The second kappa shape index (κ2) is 7.78. The molecule has 0 saturated carbocycles. The highest BCUT2D eigenvalue weighted by Crippen LogP contribution is 2.29. The Morgan fingerprint density at radius 3 is 2.50 bits per heavy atom. The monoisotopic (exact) mass is 278 g/mol. The number of nitrogens with one attached hydrogen (secondary N) is 2. The summed E-state index contributed by atoms with van der Waals surface area (Å²) < 4.78 is 5.36. The van der Waals surface area contributed by atoms with Crippen molar-refractivity contribution < 1.29 is 9.53 Å². The maximum atomic E-state index is 11.1. The zero-order chi connectivity index (χ0) is 15.1. The van der Waals surface area contributed by atoms with Gasteiger partial charge in [0.15, 0.2) is 0 Å². The quantitative estimate of drug-likeness (QED) is 0.795. The number of carbonyl (C=O) groups is 1. The third kappa shape index (κ3) is 5.51. The Morgan fingerprint density at radius 1 is 1.25 bits per heavy atom. The van der Waals surface area contributed by atoms with Gasteiger partial charge < -0.3 is 15.4 Å². The summed E-state index contributed by atoms with van der Waals surface area (Å²) in [4.78, 5) is 11.1. The average molecular weight is 278 g/mol. The van der Waals surface area contributed by atoms with Crippen LogP contribution in [0, 0.1) is 5.92 Å². The number of ether oxygens (including phenoxy) is 1. The first-order valence-corrected chi connectivity index (χ1v) is 7.14. The second-order valence-electron chi connectivity index (χ2n) is 5.61. The van der Waals surface area contributed by atoms with Gasteiger partial charge in [-0.15, -0.1) is 0 Å². The van der Waals surface area contributed by atoms with Crippen LogP contribution in [0.4, 0.5) is 11.4 Å². The number of anilines is 2. The number of amides is 1. The average Bonchev–Trinajstić information content (AvgIpc) is 2.36. The van der Waals surface area contributed by atoms with Crippen molar-refractivity contribution in [1.29, 1.82) is 0 Å². The van der Waals surface area contributed by atoms with Crippen molar-refractivity contribution in [3.63, 3.8) is 0 Å². The normalized spacial score (nSPS) is 12.1. The van der Waals surface area contributed by atoms with Gasteiger partial charge in [0.05, 0.1) is 12.8 Å². The molecule has 0 fully saturated rings. The van der Waals surface area contributed by atoms with Gasteiger partial charge in [0.25, 0.3) is 0 Å². The molecule has 4 heteroatoms. The van der Waals surface area contributed by atoms with Crippen LogP contribution in [0.5, 0.6) is 5.75 Å². The Morgan fingerprint density at radius 2 is 1.95 bits per heavy atom. The molecule has 0 bridgehead atoms. The number of benzene rings is 1. The third-order valence-corrected chi connectivity index (χ3v) is 3.10. The van der Waals surface area contributed by atoms with Gasteiger partial charge in [-0.3, -0.25) is 4.79 Å². The highest BCUT2D eigenvalue weighted by Gasteiger charge is 2.09. The van der Waals surface area contributed by atoms with Crippen molar-refractivity contribution in [2.45, 2.75) is 46.6 Å². The van der Waals surface area contributed by atoms with E-state index in [1.165, 1.54) is 13.3 Å². The Hall–Kier alpha value is -1.71. The Labute approximate surface area is 121 Å². The molecule has 0 aliphatic carbocycles. The molecule has 1 aromatic carbocycles. The number of hydrogen-bond donors (Lipinski definition) is 2. The molecule has 0 aliphatic heterocycles. The van der Waals surface area contributed by atoms with E-state index in [0.29, 0.717) is 12.0 Å². The predicted octanol–water partition coefficient (Wildman–Crippen LogP) is 3.89. The van der Waals surface area contributed by atoms with Crippen LogP contribution in [0.25, 0.3) is 0 Å². The molecule has 0 radical (unpaired) electrons. The summed E-state index contributed by atoms with van der Waals surface area (Å²) in [7, 11) is 1.65. The van der Waals surface area contributed by atoms with E-state index in [0.717, 1.165) is 23.5 Å². The molecule has 1 unspecified atom stereocenters. The van der Waals surface area contributed by atoms with Crippen molar-refractivity contribution in [2.75, 3.05) is 17.7 Å². The van der Waals surface area contributed by atoms with Crippen LogP contribution in [0.2, 0.25) is 0 Å². The molecular formula is C16H26N2O2. The van der Waals surface area contributed by atoms with Gasteiger partial charge in [0.2, 0.25) is 5.91 Å². The number of carbonyl (C=O) groups excluding carboxylic acids is 1. The molecule has 2 N–H and O–H groups in total. The summed E-state index contributed by atoms with van der Waals surface area (Å²) in [5, 5.41) is 6.24. The van der Waals surface area contributed by atoms with Gasteiger partial charge in [0.1, 0.15) is 5.75 Å². The molecule has 1 aromatic rings. The zero-order valence-electron chi connectivity index (χ0n) is 13.1. The third-order valence-electron chi connectivity index (χ3n) is 3.10. The van der Waals surface area contributed by atoms with Crippen LogP contribution >= 0.6 is 0 Å². The first-order valence-electron chi connectivity index (χ1n) is 7.14. The van der Waals surface area contributed by atoms with Crippen LogP contribution in [0.15, 0.2) is 18.2 Å². The number of methoxy groups -OCH3 is 1. The van der Waals surface area contributed by atoms with E-state index in [1.807, 2.05) is 18.2 Å². The number of rotatable bonds is 7. The van der Waals surface area contributed by atoms with E-state index in [2.05, 4.69) is 31.4 Å². The smallest absolute Gasteiger partial charge is 0.221 e. The van der Waals surface area contributed by atoms with Crippen molar-refractivity contribution in [3.8, 4) is 5.75 Å². The Bertz CT molecular complexity index is 444. The van der Waals surface area contributed by atoms with E-state index < -0.39 is 0 Å². The molecule has 1 rings (SSSR count). The van der Waals surface area contributed by atoms with Crippen LogP contribution in [-0.4, -0.2) is 19.1 Å². The van der Waals surface area contributed by atoms with Crippen molar-refractivity contribution in [2.24, 2.45) is 5.92 Å². The maximum absolute atomic E-state index is 11.1. The largest absolute Gasteiger partial charge is 0.495 e. The van der Waals surface area contributed by atoms with Crippen LogP contribution in [0.3, 0.4) is 0 Å². The van der Waals surface area contributed by atoms with Gasteiger partial charge in [0, 0.05) is 18.7 Å². The summed E-state index contributed by atoms with van der Waals surface area (Å²) in [5.74, 6) is 1.41. The Balaban J connectivity index is 2.77. The molecule has 0 aromatic heterocycles. The molecule has 1 atom stereocenters. The van der Waals surface area contributed by atoms with Crippen LogP contribution in [0.1, 0.15) is 40.5 Å². The van der Waals surface area contributed by atoms with Gasteiger partial charge in [-0.2, -0.15) is 0 Å². The topological polar surface area (TPSA) is 50.4 Å². The first-order chi connectivity index (χ1) is 9.42. The maximum Gasteiger partial charge on any atom is 0.221 e. The lowest BCUT2D eigenvalue weighted by Gasteiger charge is -2.19. The van der Waals surface area contributed by atoms with Crippen molar-refractivity contribution in [1.82, 2.24) is 0 Å². The predicted molar refractivity (Wildman–Crippen MR) is 84.5 cm³/mol. The van der Waals surface area contributed by atoms with E-state index in [-0.39, 0.29) is 5.91 Å². The molecule has 1 amide bonds. The first kappa shape index (κ1) is 16.3. The fourth-order valence-electron chi connectivity index (χ4n) is 2.02. The summed E-state index contributed by atoms with van der Waals surface area (Å²) in [6.07, 6.45) is 2.28. The highest BCUT2D eigenvalue weighted by atomic mass is 16.5. The molecule has 20 heavy (non-hydrogen) atoms. The molecular weight excluding hydrogens is 252 g/mol. The van der Waals surface area contributed by atoms with Gasteiger partial charge in [-0.25, -0.2) is 0 Å². The lowest BCUT2D eigenvalue weighted by molar-refractivity contribution is -0.114. The van der Waals surface area contributed by atoms with Crippen LogP contribution in [-0.2, 0) is 4.79 Å². The molecule has 0 saturated heterocycles. The van der Waals surface area contributed by atoms with E-state index in [9.17, 15) is 4.79 Å². The molecule has 0 heterocycles. The van der Waals surface area contributed by atoms with Crippen molar-refractivity contribution in [3.05, 3.63) is 18.2 Å². The van der Waals surface area contributed by atoms with E-state index >= 15 is 0 Å². The summed E-state index contributed by atoms with van der Waals surface area (Å²) >= 11 is 0. The van der Waals surface area contributed by atoms with E-state index in [4.69, 9.17) is 4.74 Å². The Kier molecular flexibility index (Phi) is 6.36. The molecule has 112 valence electrons. The second-order valence-corrected chi connectivity index (χ2v) is 5.61. The molecule has 0 spiro atoms. The summed E-state index contributed by atoms with van der Waals surface area (Å²) in [5.41, 5.74) is 1.69. The SMILES string of the molecule is COc1ccc(NC(C)=O)cc1NC(C)CCC(C)C. The zero-order valence-corrected chi connectivity index (χ0v) is 13.1. The van der Waals surface area contributed by atoms with Gasteiger partial charge in [-0.1, -0.05) is 13.8 Å². The van der Waals surface area contributed by atoms with Crippen LogP contribution < -0.4 is 15.4 Å². The molecule has 4 nitrogen and oxygen atoms in total. The lowest BCUT2D eigenvalue weighted by Crippen LogP contribution is -2.16. The fourth-order valence-corrected chi connectivity index (χ4v) is 2.02. The van der Waals surface area contributed by atoms with E-state index in [1.54, 1.807) is 7.11 Å². The molecule has 0 aliphatic rings. The fraction of sp³-hybridized carbons (Fsp3) is 0.562. The van der Waals surface area contributed by atoms with Crippen molar-refractivity contribution >= 4 is 17.3 Å². The van der Waals surface area contributed by atoms with Gasteiger partial charge in [-0.05, 0) is 43.9 Å².